The molecule has 0 aromatic heterocycles. The summed E-state index contributed by atoms with van der Waals surface area (Å²) in [4.78, 5) is 36.7. The minimum atomic E-state index is -0.401. The van der Waals surface area contributed by atoms with E-state index in [-0.39, 0.29) is 42.3 Å². The topological polar surface area (TPSA) is 78.5 Å². The van der Waals surface area contributed by atoms with Crippen molar-refractivity contribution in [2.75, 3.05) is 19.6 Å². The lowest BCUT2D eigenvalue weighted by Gasteiger charge is -2.42. The van der Waals surface area contributed by atoms with Gasteiger partial charge in [0.15, 0.2) is 0 Å². The summed E-state index contributed by atoms with van der Waals surface area (Å²) >= 11 is 0. The van der Waals surface area contributed by atoms with Crippen LogP contribution in [0.4, 0.5) is 4.79 Å². The Morgan fingerprint density at radius 2 is 1.77 bits per heavy atom. The van der Waals surface area contributed by atoms with E-state index in [1.54, 1.807) is 0 Å². The van der Waals surface area contributed by atoms with Crippen molar-refractivity contribution < 1.29 is 14.4 Å². The van der Waals surface area contributed by atoms with Gasteiger partial charge in [-0.2, -0.15) is 0 Å². The minimum absolute atomic E-state index is 0.0302. The van der Waals surface area contributed by atoms with Crippen LogP contribution in [0.15, 0.2) is 18.2 Å². The van der Waals surface area contributed by atoms with Gasteiger partial charge in [0.25, 0.3) is 5.91 Å². The number of fused-ring (bicyclic) bond motifs is 1. The lowest BCUT2D eigenvalue weighted by molar-refractivity contribution is -0.124. The number of carbonyl (C=O) groups excluding carboxylic acids is 3. The Balaban J connectivity index is 1.71. The van der Waals surface area contributed by atoms with Crippen molar-refractivity contribution in [3.63, 3.8) is 0 Å². The Hall–Kier alpha value is -2.37. The molecule has 0 atom stereocenters. The number of rotatable bonds is 4. The summed E-state index contributed by atoms with van der Waals surface area (Å²) in [6.45, 7) is 9.39. The van der Waals surface area contributed by atoms with Crippen LogP contribution in [-0.4, -0.2) is 42.4 Å². The van der Waals surface area contributed by atoms with Crippen LogP contribution in [0.3, 0.4) is 0 Å². The Labute approximate surface area is 154 Å². The monoisotopic (exact) mass is 357 g/mol. The van der Waals surface area contributed by atoms with Gasteiger partial charge in [0.1, 0.15) is 0 Å². The molecule has 1 aromatic rings. The third-order valence-electron chi connectivity index (χ3n) is 5.67. The first-order chi connectivity index (χ1) is 12.1. The summed E-state index contributed by atoms with van der Waals surface area (Å²) in [7, 11) is 0. The summed E-state index contributed by atoms with van der Waals surface area (Å²) < 4.78 is 0. The van der Waals surface area contributed by atoms with E-state index in [0.717, 1.165) is 17.7 Å². The lowest BCUT2D eigenvalue weighted by atomic mass is 9.63. The second-order valence-corrected chi connectivity index (χ2v) is 8.49. The summed E-state index contributed by atoms with van der Waals surface area (Å²) in [6.07, 6.45) is 2.22. The van der Waals surface area contributed by atoms with Crippen molar-refractivity contribution in [2.24, 2.45) is 0 Å². The zero-order chi connectivity index (χ0) is 19.1. The highest BCUT2D eigenvalue weighted by molar-refractivity contribution is 6.02. The van der Waals surface area contributed by atoms with Gasteiger partial charge in [0.05, 0.1) is 6.54 Å². The Kier molecular flexibility index (Phi) is 4.54. The van der Waals surface area contributed by atoms with E-state index >= 15 is 0 Å². The molecule has 2 aliphatic rings. The minimum Gasteiger partial charge on any atom is -0.350 e. The van der Waals surface area contributed by atoms with E-state index in [9.17, 15) is 14.4 Å². The molecule has 4 amide bonds. The number of urea groups is 1. The molecular weight excluding hydrogens is 330 g/mol. The smallest absolute Gasteiger partial charge is 0.324 e. The predicted molar refractivity (Wildman–Crippen MR) is 99.2 cm³/mol. The van der Waals surface area contributed by atoms with Crippen LogP contribution in [0.1, 0.15) is 62.0 Å². The van der Waals surface area contributed by atoms with Gasteiger partial charge in [0.2, 0.25) is 5.91 Å². The summed E-state index contributed by atoms with van der Waals surface area (Å²) in [5, 5.41) is 5.27. The zero-order valence-electron chi connectivity index (χ0n) is 15.9. The van der Waals surface area contributed by atoms with Crippen LogP contribution in [-0.2, 0) is 15.6 Å². The molecule has 140 valence electrons. The van der Waals surface area contributed by atoms with Crippen molar-refractivity contribution in [2.45, 2.75) is 51.4 Å². The fraction of sp³-hybridized carbons (Fsp3) is 0.550. The average molecular weight is 357 g/mol. The number of hydrogen-bond acceptors (Lipinski definition) is 3. The van der Waals surface area contributed by atoms with Crippen LogP contribution in [0.5, 0.6) is 0 Å². The SMILES string of the molecule is CC1(C)CCC(C)(C)c2cc(C(=O)NCCN3C(=O)CNC3=O)ccc21. The summed E-state index contributed by atoms with van der Waals surface area (Å²) in [5.41, 5.74) is 3.32. The molecule has 26 heavy (non-hydrogen) atoms. The molecule has 0 unspecified atom stereocenters. The highest BCUT2D eigenvalue weighted by atomic mass is 16.2. The first kappa shape index (κ1) is 18.4. The van der Waals surface area contributed by atoms with E-state index in [1.165, 1.54) is 11.1 Å². The first-order valence-electron chi connectivity index (χ1n) is 9.13. The van der Waals surface area contributed by atoms with Gasteiger partial charge in [0, 0.05) is 18.7 Å². The molecule has 0 bridgehead atoms. The van der Waals surface area contributed by atoms with Crippen molar-refractivity contribution in [3.05, 3.63) is 34.9 Å². The van der Waals surface area contributed by atoms with E-state index in [1.807, 2.05) is 12.1 Å². The Morgan fingerprint density at radius 1 is 1.12 bits per heavy atom. The lowest BCUT2D eigenvalue weighted by Crippen LogP contribution is -2.39. The molecule has 1 aliphatic heterocycles. The number of imide groups is 1. The van der Waals surface area contributed by atoms with Gasteiger partial charge in [-0.3, -0.25) is 14.5 Å². The van der Waals surface area contributed by atoms with Crippen LogP contribution < -0.4 is 10.6 Å². The van der Waals surface area contributed by atoms with Gasteiger partial charge in [-0.1, -0.05) is 33.8 Å². The first-order valence-corrected chi connectivity index (χ1v) is 9.13. The van der Waals surface area contributed by atoms with Crippen LogP contribution >= 0.6 is 0 Å². The van der Waals surface area contributed by atoms with Gasteiger partial charge in [-0.25, -0.2) is 4.79 Å². The Morgan fingerprint density at radius 3 is 2.38 bits per heavy atom. The maximum Gasteiger partial charge on any atom is 0.324 e. The molecule has 2 N–H and O–H groups in total. The molecule has 1 saturated heterocycles. The number of benzene rings is 1. The maximum absolute atomic E-state index is 12.5. The largest absolute Gasteiger partial charge is 0.350 e. The van der Waals surface area contributed by atoms with Crippen LogP contribution in [0.25, 0.3) is 0 Å². The molecule has 1 heterocycles. The molecule has 1 fully saturated rings. The summed E-state index contributed by atoms with van der Waals surface area (Å²) in [6, 6.07) is 5.54. The van der Waals surface area contributed by atoms with Crippen molar-refractivity contribution in [3.8, 4) is 0 Å². The molecule has 1 aliphatic carbocycles. The van der Waals surface area contributed by atoms with E-state index in [0.29, 0.717) is 5.56 Å². The second-order valence-electron chi connectivity index (χ2n) is 8.49. The normalized spacial score (nSPS) is 20.5. The third-order valence-corrected chi connectivity index (χ3v) is 5.67. The molecular formula is C20H27N3O3. The Bertz CT molecular complexity index is 752. The predicted octanol–water partition coefficient (Wildman–Crippen LogP) is 2.32. The van der Waals surface area contributed by atoms with Gasteiger partial charge in [-0.15, -0.1) is 0 Å². The molecule has 1 aromatic carbocycles. The fourth-order valence-corrected chi connectivity index (χ4v) is 3.79. The molecule has 3 rings (SSSR count). The fourth-order valence-electron chi connectivity index (χ4n) is 3.79. The van der Waals surface area contributed by atoms with E-state index in [4.69, 9.17) is 0 Å². The quantitative estimate of drug-likeness (QED) is 0.812. The second kappa shape index (κ2) is 6.41. The number of nitrogens with one attached hydrogen (secondary N) is 2. The maximum atomic E-state index is 12.5. The number of amides is 4. The highest BCUT2D eigenvalue weighted by Gasteiger charge is 2.37. The molecule has 6 nitrogen and oxygen atoms in total. The molecule has 0 saturated carbocycles. The number of nitrogens with zero attached hydrogens (tertiary/aromatic N) is 1. The molecule has 6 heteroatoms. The number of carbonyl (C=O) groups is 3. The third kappa shape index (κ3) is 3.32. The molecule has 0 spiro atoms. The van der Waals surface area contributed by atoms with Crippen molar-refractivity contribution >= 4 is 17.8 Å². The van der Waals surface area contributed by atoms with Crippen LogP contribution in [0, 0.1) is 0 Å². The van der Waals surface area contributed by atoms with Crippen molar-refractivity contribution in [1.82, 2.24) is 15.5 Å². The van der Waals surface area contributed by atoms with E-state index in [2.05, 4.69) is 44.4 Å². The van der Waals surface area contributed by atoms with Gasteiger partial charge in [-0.05, 0) is 46.9 Å². The average Bonchev–Trinajstić information content (AvgIpc) is 2.90. The van der Waals surface area contributed by atoms with Gasteiger partial charge < -0.3 is 10.6 Å². The number of hydrogen-bond donors (Lipinski definition) is 2. The molecule has 0 radical (unpaired) electrons. The van der Waals surface area contributed by atoms with Crippen molar-refractivity contribution in [1.29, 1.82) is 0 Å². The highest BCUT2D eigenvalue weighted by Crippen LogP contribution is 2.45. The van der Waals surface area contributed by atoms with Crippen LogP contribution in [0.2, 0.25) is 0 Å². The summed E-state index contributed by atoms with van der Waals surface area (Å²) in [5.74, 6) is -0.443. The van der Waals surface area contributed by atoms with Gasteiger partial charge >= 0.3 is 6.03 Å². The standard InChI is InChI=1S/C20H27N3O3/c1-19(2)7-8-20(3,4)15-11-13(5-6-14(15)19)17(25)21-9-10-23-16(24)12-22-18(23)26/h5-6,11H,7-10,12H2,1-4H3,(H,21,25)(H,22,26). The van der Waals surface area contributed by atoms with E-state index < -0.39 is 6.03 Å². The zero-order valence-corrected chi connectivity index (χ0v) is 15.9.